The molecule has 1 aliphatic heterocycles. The van der Waals surface area contributed by atoms with Crippen molar-refractivity contribution in [2.75, 3.05) is 0 Å². The van der Waals surface area contributed by atoms with Crippen molar-refractivity contribution in [3.05, 3.63) is 34.7 Å². The van der Waals surface area contributed by atoms with E-state index < -0.39 is 12.1 Å². The van der Waals surface area contributed by atoms with Crippen LogP contribution >= 0.6 is 11.3 Å². The molecular weight excluding hydrogens is 223 g/mol. The molecule has 5 heteroatoms. The number of hydrogen-bond acceptors (Lipinski definition) is 2. The first-order chi connectivity index (χ1) is 7.07. The van der Waals surface area contributed by atoms with Crippen molar-refractivity contribution in [3.8, 4) is 0 Å². The van der Waals surface area contributed by atoms with Crippen molar-refractivity contribution in [1.82, 2.24) is 5.32 Å². The molecule has 2 atom stereocenters. The van der Waals surface area contributed by atoms with E-state index in [2.05, 4.69) is 5.32 Å². The maximum Gasteiger partial charge on any atom is 0.395 e. The van der Waals surface area contributed by atoms with Gasteiger partial charge in [-0.25, -0.2) is 0 Å². The molecule has 82 valence electrons. The summed E-state index contributed by atoms with van der Waals surface area (Å²) in [6.45, 7) is 0. The summed E-state index contributed by atoms with van der Waals surface area (Å²) in [4.78, 5) is 0. The number of hydrogen-bond donors (Lipinski definition) is 1. The van der Waals surface area contributed by atoms with Gasteiger partial charge in [0.2, 0.25) is 0 Å². The topological polar surface area (TPSA) is 12.0 Å². The zero-order chi connectivity index (χ0) is 10.9. The zero-order valence-corrected chi connectivity index (χ0v) is 8.61. The maximum atomic E-state index is 12.5. The molecule has 1 aliphatic rings. The summed E-state index contributed by atoms with van der Waals surface area (Å²) in [7, 11) is 0. The van der Waals surface area contributed by atoms with E-state index in [0.717, 1.165) is 5.56 Å². The van der Waals surface area contributed by atoms with E-state index in [0.29, 0.717) is 0 Å². The number of nitrogens with one attached hydrogen (secondary N) is 1. The third-order valence-electron chi connectivity index (χ3n) is 2.48. The number of thiophene rings is 1. The molecule has 15 heavy (non-hydrogen) atoms. The highest BCUT2D eigenvalue weighted by Crippen LogP contribution is 2.36. The number of rotatable bonds is 1. The normalized spacial score (nSPS) is 26.3. The predicted molar refractivity (Wildman–Crippen MR) is 53.5 cm³/mol. The quantitative estimate of drug-likeness (QED) is 0.783. The van der Waals surface area contributed by atoms with E-state index in [4.69, 9.17) is 0 Å². The Morgan fingerprint density at radius 2 is 2.20 bits per heavy atom. The molecule has 0 aliphatic carbocycles. The Morgan fingerprint density at radius 3 is 2.80 bits per heavy atom. The van der Waals surface area contributed by atoms with Gasteiger partial charge in [0.25, 0.3) is 0 Å². The minimum Gasteiger partial charge on any atom is -0.384 e. The van der Waals surface area contributed by atoms with Gasteiger partial charge in [-0.1, -0.05) is 6.08 Å². The van der Waals surface area contributed by atoms with E-state index in [1.54, 1.807) is 0 Å². The molecule has 1 N–H and O–H groups in total. The molecule has 0 spiro atoms. The van der Waals surface area contributed by atoms with Crippen LogP contribution in [0.25, 0.3) is 0 Å². The first kappa shape index (κ1) is 10.5. The average molecular weight is 233 g/mol. The SMILES string of the molecule is FC(F)(F)C1C=CNC(c2ccsc2)C1. The van der Waals surface area contributed by atoms with Crippen molar-refractivity contribution >= 4 is 11.3 Å². The first-order valence-electron chi connectivity index (χ1n) is 4.59. The fourth-order valence-corrected chi connectivity index (χ4v) is 2.35. The van der Waals surface area contributed by atoms with E-state index >= 15 is 0 Å². The van der Waals surface area contributed by atoms with Crippen LogP contribution in [0.4, 0.5) is 13.2 Å². The fraction of sp³-hybridized carbons (Fsp3) is 0.400. The standard InChI is InChI=1S/C10H10F3NS/c11-10(12,13)8-1-3-14-9(5-8)7-2-4-15-6-7/h1-4,6,8-9,14H,5H2. The van der Waals surface area contributed by atoms with Crippen LogP contribution in [0.1, 0.15) is 18.0 Å². The van der Waals surface area contributed by atoms with E-state index in [1.165, 1.54) is 23.6 Å². The van der Waals surface area contributed by atoms with Crippen LogP contribution in [-0.4, -0.2) is 6.18 Å². The molecule has 0 saturated heterocycles. The highest BCUT2D eigenvalue weighted by Gasteiger charge is 2.40. The van der Waals surface area contributed by atoms with Gasteiger partial charge in [0, 0.05) is 0 Å². The summed E-state index contributed by atoms with van der Waals surface area (Å²) in [5, 5.41) is 6.70. The van der Waals surface area contributed by atoms with Gasteiger partial charge in [-0.15, -0.1) is 0 Å². The Hall–Kier alpha value is -0.970. The Morgan fingerprint density at radius 1 is 1.40 bits per heavy atom. The molecule has 2 unspecified atom stereocenters. The van der Waals surface area contributed by atoms with Gasteiger partial charge in [0.15, 0.2) is 0 Å². The van der Waals surface area contributed by atoms with Gasteiger partial charge in [-0.3, -0.25) is 0 Å². The van der Waals surface area contributed by atoms with Gasteiger partial charge in [-0.2, -0.15) is 24.5 Å². The minimum absolute atomic E-state index is 0.0801. The number of allylic oxidation sites excluding steroid dienone is 1. The summed E-state index contributed by atoms with van der Waals surface area (Å²) in [6, 6.07) is 1.64. The summed E-state index contributed by atoms with van der Waals surface area (Å²) in [5.74, 6) is -1.33. The third-order valence-corrected chi connectivity index (χ3v) is 3.18. The molecule has 1 nitrogen and oxygen atoms in total. The van der Waals surface area contributed by atoms with Crippen LogP contribution in [-0.2, 0) is 0 Å². The van der Waals surface area contributed by atoms with Gasteiger partial charge in [0.05, 0.1) is 12.0 Å². The summed E-state index contributed by atoms with van der Waals surface area (Å²) in [5.41, 5.74) is 0.929. The summed E-state index contributed by atoms with van der Waals surface area (Å²) >= 11 is 1.50. The molecule has 0 saturated carbocycles. The Balaban J connectivity index is 2.11. The van der Waals surface area contributed by atoms with Crippen LogP contribution in [0, 0.1) is 5.92 Å². The first-order valence-corrected chi connectivity index (χ1v) is 5.53. The lowest BCUT2D eigenvalue weighted by Gasteiger charge is -2.27. The van der Waals surface area contributed by atoms with Gasteiger partial charge in [0.1, 0.15) is 0 Å². The van der Waals surface area contributed by atoms with Crippen molar-refractivity contribution in [2.24, 2.45) is 5.92 Å². The third kappa shape index (κ3) is 2.34. The Labute approximate surface area is 89.6 Å². The Bertz CT molecular complexity index is 342. The number of halogens is 3. The largest absolute Gasteiger partial charge is 0.395 e. The fourth-order valence-electron chi connectivity index (χ4n) is 1.64. The molecule has 2 rings (SSSR count). The Kier molecular flexibility index (Phi) is 2.73. The molecular formula is C10H10F3NS. The van der Waals surface area contributed by atoms with Crippen molar-refractivity contribution in [3.63, 3.8) is 0 Å². The van der Waals surface area contributed by atoms with E-state index in [1.807, 2.05) is 16.8 Å². The molecule has 0 fully saturated rings. The lowest BCUT2D eigenvalue weighted by molar-refractivity contribution is -0.165. The van der Waals surface area contributed by atoms with Crippen LogP contribution in [0.15, 0.2) is 29.1 Å². The molecule has 2 heterocycles. The second kappa shape index (κ2) is 3.89. The highest BCUT2D eigenvalue weighted by atomic mass is 32.1. The van der Waals surface area contributed by atoms with E-state index in [9.17, 15) is 13.2 Å². The second-order valence-corrected chi connectivity index (χ2v) is 4.30. The van der Waals surface area contributed by atoms with Gasteiger partial charge >= 0.3 is 6.18 Å². The van der Waals surface area contributed by atoms with Crippen LogP contribution in [0.3, 0.4) is 0 Å². The summed E-state index contributed by atoms with van der Waals surface area (Å²) < 4.78 is 37.4. The van der Waals surface area contributed by atoms with Crippen LogP contribution in [0.2, 0.25) is 0 Å². The lowest BCUT2D eigenvalue weighted by Crippen LogP contribution is -2.30. The number of alkyl halides is 3. The molecule has 1 aromatic rings. The minimum atomic E-state index is -4.13. The molecule has 0 radical (unpaired) electrons. The van der Waals surface area contributed by atoms with Crippen LogP contribution in [0.5, 0.6) is 0 Å². The van der Waals surface area contributed by atoms with Crippen molar-refractivity contribution in [2.45, 2.75) is 18.6 Å². The van der Waals surface area contributed by atoms with E-state index in [-0.39, 0.29) is 12.5 Å². The maximum absolute atomic E-state index is 12.5. The van der Waals surface area contributed by atoms with Crippen molar-refractivity contribution < 1.29 is 13.2 Å². The van der Waals surface area contributed by atoms with Gasteiger partial charge in [-0.05, 0) is 35.0 Å². The second-order valence-electron chi connectivity index (χ2n) is 3.52. The van der Waals surface area contributed by atoms with Crippen molar-refractivity contribution in [1.29, 1.82) is 0 Å². The smallest absolute Gasteiger partial charge is 0.384 e. The lowest BCUT2D eigenvalue weighted by atomic mass is 9.93. The highest BCUT2D eigenvalue weighted by molar-refractivity contribution is 7.07. The van der Waals surface area contributed by atoms with Gasteiger partial charge < -0.3 is 5.32 Å². The predicted octanol–water partition coefficient (Wildman–Crippen LogP) is 3.47. The molecule has 0 bridgehead atoms. The molecule has 1 aromatic heterocycles. The van der Waals surface area contributed by atoms with Crippen LogP contribution < -0.4 is 5.32 Å². The molecule has 0 aromatic carbocycles. The monoisotopic (exact) mass is 233 g/mol. The molecule has 0 amide bonds. The zero-order valence-electron chi connectivity index (χ0n) is 7.79. The summed E-state index contributed by atoms with van der Waals surface area (Å²) in [6.07, 6.45) is -1.46. The average Bonchev–Trinajstić information content (AvgIpc) is 2.69.